The van der Waals surface area contributed by atoms with Crippen molar-refractivity contribution in [3.05, 3.63) is 29.6 Å². The number of amides is 1. The second kappa shape index (κ2) is 10.4. The number of nitrogens with one attached hydrogen (secondary N) is 2. The third-order valence-electron chi connectivity index (χ3n) is 3.76. The molecule has 0 saturated carbocycles. The number of hydrogen-bond donors (Lipinski definition) is 2. The smallest absolute Gasteiger partial charge is 0.224 e. The van der Waals surface area contributed by atoms with Crippen LogP contribution in [0.2, 0.25) is 0 Å². The lowest BCUT2D eigenvalue weighted by atomic mass is 10.1. The average molecular weight is 346 g/mol. The Balaban J connectivity index is 0.00000264. The van der Waals surface area contributed by atoms with Gasteiger partial charge in [-0.05, 0) is 30.7 Å². The largest absolute Gasteiger partial charge is 0.494 e. The molecule has 0 unspecified atom stereocenters. The van der Waals surface area contributed by atoms with Gasteiger partial charge in [0.05, 0.1) is 13.5 Å². The first kappa shape index (κ1) is 19.7. The van der Waals surface area contributed by atoms with Crippen LogP contribution < -0.4 is 15.4 Å². The second-order valence-electron chi connectivity index (χ2n) is 5.44. The van der Waals surface area contributed by atoms with Crippen LogP contribution in [0, 0.1) is 5.82 Å². The van der Waals surface area contributed by atoms with Crippen LogP contribution in [0.25, 0.3) is 0 Å². The Bertz CT molecular complexity index is 496. The molecule has 2 N–H and O–H groups in total. The van der Waals surface area contributed by atoms with Crippen molar-refractivity contribution in [3.8, 4) is 5.75 Å². The molecule has 0 radical (unpaired) electrons. The summed E-state index contributed by atoms with van der Waals surface area (Å²) in [6.07, 6.45) is 1.12. The van der Waals surface area contributed by atoms with Gasteiger partial charge in [0.25, 0.3) is 0 Å². The number of carbonyl (C=O) groups excluding carboxylic acids is 1. The molecule has 0 bridgehead atoms. The van der Waals surface area contributed by atoms with Crippen LogP contribution in [-0.4, -0.2) is 57.2 Å². The highest BCUT2D eigenvalue weighted by Crippen LogP contribution is 2.17. The van der Waals surface area contributed by atoms with Crippen molar-refractivity contribution in [1.82, 2.24) is 15.5 Å². The fourth-order valence-electron chi connectivity index (χ4n) is 2.53. The van der Waals surface area contributed by atoms with Crippen molar-refractivity contribution in [2.75, 3.05) is 46.4 Å². The first-order valence-corrected chi connectivity index (χ1v) is 7.71. The lowest BCUT2D eigenvalue weighted by Gasteiger charge is -2.27. The first-order chi connectivity index (χ1) is 10.7. The summed E-state index contributed by atoms with van der Waals surface area (Å²) in [5, 5.41) is 6.20. The van der Waals surface area contributed by atoms with E-state index in [1.807, 2.05) is 0 Å². The molecule has 2 rings (SSSR count). The summed E-state index contributed by atoms with van der Waals surface area (Å²) in [5.41, 5.74) is 0.651. The van der Waals surface area contributed by atoms with Gasteiger partial charge in [-0.25, -0.2) is 4.39 Å². The molecular weight excluding hydrogens is 321 g/mol. The van der Waals surface area contributed by atoms with Crippen LogP contribution in [0.3, 0.4) is 0 Å². The number of benzene rings is 1. The normalized spacial score (nSPS) is 14.9. The number of ether oxygens (including phenoxy) is 1. The van der Waals surface area contributed by atoms with E-state index in [4.69, 9.17) is 4.74 Å². The van der Waals surface area contributed by atoms with Crippen molar-refractivity contribution >= 4 is 18.3 Å². The zero-order chi connectivity index (χ0) is 15.8. The van der Waals surface area contributed by atoms with Gasteiger partial charge >= 0.3 is 0 Å². The van der Waals surface area contributed by atoms with E-state index in [0.29, 0.717) is 12.1 Å². The van der Waals surface area contributed by atoms with Crippen LogP contribution in [0.15, 0.2) is 18.2 Å². The Morgan fingerprint density at radius 1 is 1.39 bits per heavy atom. The molecule has 1 aliphatic heterocycles. The molecule has 1 fully saturated rings. The summed E-state index contributed by atoms with van der Waals surface area (Å²) in [4.78, 5) is 14.2. The van der Waals surface area contributed by atoms with Gasteiger partial charge in [-0.15, -0.1) is 12.4 Å². The summed E-state index contributed by atoms with van der Waals surface area (Å²) in [6, 6.07) is 4.60. The number of methoxy groups -OCH3 is 1. The number of piperazine rings is 1. The van der Waals surface area contributed by atoms with Gasteiger partial charge in [0.1, 0.15) is 0 Å². The third kappa shape index (κ3) is 6.72. The van der Waals surface area contributed by atoms with E-state index in [2.05, 4.69) is 15.5 Å². The van der Waals surface area contributed by atoms with Crippen molar-refractivity contribution < 1.29 is 13.9 Å². The summed E-state index contributed by atoms with van der Waals surface area (Å²) in [6.45, 7) is 5.86. The van der Waals surface area contributed by atoms with E-state index in [9.17, 15) is 9.18 Å². The molecule has 130 valence electrons. The van der Waals surface area contributed by atoms with Gasteiger partial charge in [-0.1, -0.05) is 6.07 Å². The molecule has 7 heteroatoms. The molecule has 1 aromatic carbocycles. The monoisotopic (exact) mass is 345 g/mol. The molecular formula is C16H25ClFN3O2. The minimum Gasteiger partial charge on any atom is -0.494 e. The van der Waals surface area contributed by atoms with E-state index in [1.165, 1.54) is 13.2 Å². The van der Waals surface area contributed by atoms with Gasteiger partial charge in [-0.3, -0.25) is 4.79 Å². The lowest BCUT2D eigenvalue weighted by molar-refractivity contribution is -0.120. The van der Waals surface area contributed by atoms with Crippen LogP contribution in [0.4, 0.5) is 4.39 Å². The van der Waals surface area contributed by atoms with Crippen molar-refractivity contribution in [2.24, 2.45) is 0 Å². The predicted molar refractivity (Wildman–Crippen MR) is 90.8 cm³/mol. The maximum Gasteiger partial charge on any atom is 0.224 e. The van der Waals surface area contributed by atoms with E-state index in [0.717, 1.165) is 39.1 Å². The topological polar surface area (TPSA) is 53.6 Å². The quantitative estimate of drug-likeness (QED) is 0.729. The zero-order valence-corrected chi connectivity index (χ0v) is 14.3. The van der Waals surface area contributed by atoms with E-state index in [1.54, 1.807) is 12.1 Å². The van der Waals surface area contributed by atoms with Crippen LogP contribution in [0.1, 0.15) is 12.0 Å². The van der Waals surface area contributed by atoms with Gasteiger partial charge in [0.15, 0.2) is 11.6 Å². The Kier molecular flexibility index (Phi) is 8.91. The minimum atomic E-state index is -0.438. The maximum atomic E-state index is 13.5. The first-order valence-electron chi connectivity index (χ1n) is 7.71. The van der Waals surface area contributed by atoms with Crippen molar-refractivity contribution in [1.29, 1.82) is 0 Å². The molecule has 0 atom stereocenters. The summed E-state index contributed by atoms with van der Waals surface area (Å²) >= 11 is 0. The second-order valence-corrected chi connectivity index (χ2v) is 5.44. The number of carbonyl (C=O) groups is 1. The SMILES string of the molecule is COc1ccc(CC(=O)NCCCN2CCNCC2)cc1F.Cl. The Morgan fingerprint density at radius 3 is 2.78 bits per heavy atom. The highest BCUT2D eigenvalue weighted by Gasteiger charge is 2.10. The highest BCUT2D eigenvalue weighted by atomic mass is 35.5. The van der Waals surface area contributed by atoms with E-state index >= 15 is 0 Å². The predicted octanol–water partition coefficient (Wildman–Crippen LogP) is 1.21. The summed E-state index contributed by atoms with van der Waals surface area (Å²) in [7, 11) is 1.42. The summed E-state index contributed by atoms with van der Waals surface area (Å²) < 4.78 is 18.4. The molecule has 1 aromatic rings. The molecule has 0 aromatic heterocycles. The van der Waals surface area contributed by atoms with Gasteiger partial charge in [-0.2, -0.15) is 0 Å². The lowest BCUT2D eigenvalue weighted by Crippen LogP contribution is -2.44. The third-order valence-corrected chi connectivity index (χ3v) is 3.76. The van der Waals surface area contributed by atoms with Crippen LogP contribution in [-0.2, 0) is 11.2 Å². The standard InChI is InChI=1S/C16H24FN3O2.ClH/c1-22-15-4-3-13(11-14(15)17)12-16(21)19-5-2-8-20-9-6-18-7-10-20;/h3-4,11,18H,2,5-10,12H2,1H3,(H,19,21);1H. The molecule has 1 heterocycles. The van der Waals surface area contributed by atoms with Crippen molar-refractivity contribution in [3.63, 3.8) is 0 Å². The zero-order valence-electron chi connectivity index (χ0n) is 13.4. The summed E-state index contributed by atoms with van der Waals surface area (Å²) in [5.74, 6) is -0.323. The van der Waals surface area contributed by atoms with Gasteiger partial charge < -0.3 is 20.3 Å². The fraction of sp³-hybridized carbons (Fsp3) is 0.562. The molecule has 1 saturated heterocycles. The maximum absolute atomic E-state index is 13.5. The molecule has 5 nitrogen and oxygen atoms in total. The molecule has 1 amide bonds. The van der Waals surface area contributed by atoms with E-state index in [-0.39, 0.29) is 30.5 Å². The Labute approximate surface area is 143 Å². The highest BCUT2D eigenvalue weighted by molar-refractivity contribution is 5.85. The number of halogens is 2. The van der Waals surface area contributed by atoms with Crippen molar-refractivity contribution in [2.45, 2.75) is 12.8 Å². The molecule has 23 heavy (non-hydrogen) atoms. The average Bonchev–Trinajstić information content (AvgIpc) is 2.53. The van der Waals surface area contributed by atoms with E-state index < -0.39 is 5.82 Å². The van der Waals surface area contributed by atoms with Crippen LogP contribution >= 0.6 is 12.4 Å². The fourth-order valence-corrected chi connectivity index (χ4v) is 2.53. The number of nitrogens with zero attached hydrogens (tertiary/aromatic N) is 1. The molecule has 1 aliphatic rings. The number of rotatable bonds is 7. The van der Waals surface area contributed by atoms with Crippen LogP contribution in [0.5, 0.6) is 5.75 Å². The van der Waals surface area contributed by atoms with Gasteiger partial charge in [0.2, 0.25) is 5.91 Å². The molecule has 0 spiro atoms. The molecule has 0 aliphatic carbocycles. The van der Waals surface area contributed by atoms with Gasteiger partial charge in [0, 0.05) is 32.7 Å². The Hall–Kier alpha value is -1.37. The minimum absolute atomic E-state index is 0. The number of hydrogen-bond acceptors (Lipinski definition) is 4. The Morgan fingerprint density at radius 2 is 2.13 bits per heavy atom.